The van der Waals surface area contributed by atoms with Gasteiger partial charge in [-0.05, 0) is 47.5 Å². The lowest BCUT2D eigenvalue weighted by Crippen LogP contribution is -2.21. The minimum Gasteiger partial charge on any atom is -0.507 e. The summed E-state index contributed by atoms with van der Waals surface area (Å²) in [4.78, 5) is 34.0. The molecule has 0 aliphatic carbocycles. The lowest BCUT2D eigenvalue weighted by molar-refractivity contribution is 0.0537. The van der Waals surface area contributed by atoms with Crippen molar-refractivity contribution in [3.8, 4) is 22.6 Å². The van der Waals surface area contributed by atoms with Crippen LogP contribution in [0.2, 0.25) is 0 Å². The average Bonchev–Trinajstić information content (AvgIpc) is 3.31. The molecule has 0 unspecified atom stereocenters. The molecular formula is C25H19N3O5. The van der Waals surface area contributed by atoms with Crippen LogP contribution in [0.15, 0.2) is 66.7 Å². The Balaban J connectivity index is 1.60. The lowest BCUT2D eigenvalue weighted by atomic mass is 9.99. The number of pyridine rings is 1. The van der Waals surface area contributed by atoms with Gasteiger partial charge in [0.15, 0.2) is 5.76 Å². The maximum atomic E-state index is 12.9. The van der Waals surface area contributed by atoms with Crippen LogP contribution in [0, 0.1) is 0 Å². The predicted molar refractivity (Wildman–Crippen MR) is 122 cm³/mol. The van der Waals surface area contributed by atoms with E-state index >= 15 is 0 Å². The molecule has 33 heavy (non-hydrogen) atoms. The summed E-state index contributed by atoms with van der Waals surface area (Å²) in [5.41, 5.74) is 6.15. The molecule has 0 saturated carbocycles. The van der Waals surface area contributed by atoms with Gasteiger partial charge in [0.2, 0.25) is 5.78 Å². The Morgan fingerprint density at radius 1 is 1.18 bits per heavy atom. The molecule has 0 radical (unpaired) electrons. The van der Waals surface area contributed by atoms with E-state index in [2.05, 4.69) is 15.3 Å². The van der Waals surface area contributed by atoms with Crippen LogP contribution in [-0.2, 0) is 11.9 Å². The monoisotopic (exact) mass is 441 g/mol. The smallest absolute Gasteiger partial charge is 0.274 e. The third kappa shape index (κ3) is 3.42. The van der Waals surface area contributed by atoms with E-state index in [1.54, 1.807) is 36.5 Å². The highest BCUT2D eigenvalue weighted by Crippen LogP contribution is 2.39. The first-order valence-corrected chi connectivity index (χ1v) is 10.1. The number of carbonyl (C=O) groups excluding carboxylic acids is 2. The van der Waals surface area contributed by atoms with Crippen LogP contribution in [0.1, 0.15) is 26.3 Å². The fourth-order valence-electron chi connectivity index (χ4n) is 4.00. The molecule has 3 heterocycles. The van der Waals surface area contributed by atoms with Crippen molar-refractivity contribution in [3.63, 3.8) is 0 Å². The Kier molecular flexibility index (Phi) is 4.91. The van der Waals surface area contributed by atoms with E-state index in [-0.39, 0.29) is 28.8 Å². The van der Waals surface area contributed by atoms with Gasteiger partial charge in [-0.3, -0.25) is 14.4 Å². The number of rotatable bonds is 4. The van der Waals surface area contributed by atoms with Crippen molar-refractivity contribution in [1.29, 1.82) is 0 Å². The van der Waals surface area contributed by atoms with Crippen LogP contribution in [-0.4, -0.2) is 33.5 Å². The maximum Gasteiger partial charge on any atom is 0.274 e. The molecule has 2 aromatic carbocycles. The number of hydrogen-bond acceptors (Lipinski definition) is 6. The van der Waals surface area contributed by atoms with Gasteiger partial charge in [-0.2, -0.15) is 0 Å². The molecule has 1 amide bonds. The number of amides is 1. The number of aromatic nitrogens is 2. The zero-order valence-electron chi connectivity index (χ0n) is 17.8. The van der Waals surface area contributed by atoms with E-state index in [1.807, 2.05) is 36.0 Å². The van der Waals surface area contributed by atoms with Gasteiger partial charge >= 0.3 is 0 Å². The number of hydrogen-bond donors (Lipinski definition) is 2. The van der Waals surface area contributed by atoms with Gasteiger partial charge in [-0.1, -0.05) is 18.2 Å². The number of Topliss-reactive ketones (excluding diaryl/α,β-unsaturated/α-hetero) is 1. The van der Waals surface area contributed by atoms with E-state index in [0.29, 0.717) is 11.3 Å². The number of aromatic hydroxyl groups is 1. The fraction of sp³-hybridized carbons (Fsp3) is 0.0800. The van der Waals surface area contributed by atoms with Crippen LogP contribution in [0.4, 0.5) is 0 Å². The molecule has 2 N–H and O–H groups in total. The second kappa shape index (κ2) is 7.92. The van der Waals surface area contributed by atoms with Crippen molar-refractivity contribution in [2.24, 2.45) is 7.05 Å². The number of ketones is 1. The number of ether oxygens (including phenoxy) is 1. The SMILES string of the molecule is CONC(=O)c1ccc(-c2ccnc3c2c(/C=C2\Oc4cccc(O)c4C2=O)cn3C)cc1. The lowest BCUT2D eigenvalue weighted by Gasteiger charge is -2.07. The molecule has 8 heteroatoms. The molecule has 4 aromatic rings. The summed E-state index contributed by atoms with van der Waals surface area (Å²) >= 11 is 0. The second-order valence-electron chi connectivity index (χ2n) is 7.56. The Bertz CT molecular complexity index is 1450. The summed E-state index contributed by atoms with van der Waals surface area (Å²) in [5, 5.41) is 10.9. The van der Waals surface area contributed by atoms with Crippen LogP contribution in [0.25, 0.3) is 28.2 Å². The number of aryl methyl sites for hydroxylation is 1. The highest BCUT2D eigenvalue weighted by atomic mass is 16.6. The molecule has 0 fully saturated rings. The molecule has 1 aliphatic heterocycles. The molecule has 8 nitrogen and oxygen atoms in total. The highest BCUT2D eigenvalue weighted by Gasteiger charge is 2.30. The van der Waals surface area contributed by atoms with Crippen LogP contribution < -0.4 is 10.2 Å². The molecule has 0 atom stereocenters. The Labute approximate surface area is 188 Å². The molecular weight excluding hydrogens is 422 g/mol. The zero-order chi connectivity index (χ0) is 23.1. The Morgan fingerprint density at radius 2 is 1.97 bits per heavy atom. The van der Waals surface area contributed by atoms with Crippen molar-refractivity contribution >= 4 is 28.8 Å². The minimum atomic E-state index is -0.376. The fourth-order valence-corrected chi connectivity index (χ4v) is 4.00. The third-order valence-electron chi connectivity index (χ3n) is 5.50. The van der Waals surface area contributed by atoms with Crippen LogP contribution in [0.3, 0.4) is 0 Å². The first-order valence-electron chi connectivity index (χ1n) is 10.1. The van der Waals surface area contributed by atoms with Gasteiger partial charge in [0.25, 0.3) is 5.91 Å². The van der Waals surface area contributed by atoms with Gasteiger partial charge in [0.1, 0.15) is 22.7 Å². The molecule has 164 valence electrons. The topological polar surface area (TPSA) is 103 Å². The second-order valence-corrected chi connectivity index (χ2v) is 7.56. The summed E-state index contributed by atoms with van der Waals surface area (Å²) in [6, 6.07) is 13.7. The quantitative estimate of drug-likeness (QED) is 0.368. The number of fused-ring (bicyclic) bond motifs is 2. The molecule has 0 bridgehead atoms. The van der Waals surface area contributed by atoms with Gasteiger partial charge < -0.3 is 14.4 Å². The van der Waals surface area contributed by atoms with E-state index in [0.717, 1.165) is 27.7 Å². The third-order valence-corrected chi connectivity index (χ3v) is 5.50. The van der Waals surface area contributed by atoms with E-state index in [4.69, 9.17) is 4.74 Å². The summed E-state index contributed by atoms with van der Waals surface area (Å²) in [6.07, 6.45) is 5.25. The van der Waals surface area contributed by atoms with E-state index in [1.165, 1.54) is 13.2 Å². The van der Waals surface area contributed by atoms with Crippen molar-refractivity contribution in [2.45, 2.75) is 0 Å². The number of nitrogens with one attached hydrogen (secondary N) is 1. The minimum absolute atomic E-state index is 0.112. The molecule has 0 spiro atoms. The molecule has 1 aliphatic rings. The maximum absolute atomic E-state index is 12.9. The predicted octanol–water partition coefficient (Wildman–Crippen LogP) is 3.85. The summed E-state index contributed by atoms with van der Waals surface area (Å²) < 4.78 is 7.61. The van der Waals surface area contributed by atoms with Crippen molar-refractivity contribution in [2.75, 3.05) is 7.11 Å². The molecule has 0 saturated heterocycles. The number of phenols is 1. The number of phenolic OH excluding ortho intramolecular Hbond substituents is 1. The van der Waals surface area contributed by atoms with E-state index in [9.17, 15) is 14.7 Å². The van der Waals surface area contributed by atoms with Gasteiger partial charge in [-0.15, -0.1) is 0 Å². The average molecular weight is 441 g/mol. The Morgan fingerprint density at radius 3 is 2.70 bits per heavy atom. The largest absolute Gasteiger partial charge is 0.507 e. The Hall–Kier alpha value is -4.43. The first-order chi connectivity index (χ1) is 16.0. The number of nitrogens with zero attached hydrogens (tertiary/aromatic N) is 2. The number of carbonyl (C=O) groups is 2. The van der Waals surface area contributed by atoms with Crippen LogP contribution >= 0.6 is 0 Å². The molecule has 2 aromatic heterocycles. The zero-order valence-corrected chi connectivity index (χ0v) is 17.8. The van der Waals surface area contributed by atoms with Gasteiger partial charge in [0.05, 0.1) is 7.11 Å². The number of hydroxylamine groups is 1. The highest BCUT2D eigenvalue weighted by molar-refractivity contribution is 6.17. The summed E-state index contributed by atoms with van der Waals surface area (Å²) in [7, 11) is 3.25. The van der Waals surface area contributed by atoms with Crippen molar-refractivity contribution in [1.82, 2.24) is 15.0 Å². The van der Waals surface area contributed by atoms with Gasteiger partial charge in [0, 0.05) is 36.0 Å². The van der Waals surface area contributed by atoms with E-state index < -0.39 is 0 Å². The molecule has 5 rings (SSSR count). The normalized spacial score (nSPS) is 13.9. The summed E-state index contributed by atoms with van der Waals surface area (Å²) in [6.45, 7) is 0. The van der Waals surface area contributed by atoms with Crippen molar-refractivity contribution < 1.29 is 24.3 Å². The van der Waals surface area contributed by atoms with Crippen LogP contribution in [0.5, 0.6) is 11.5 Å². The van der Waals surface area contributed by atoms with Crippen molar-refractivity contribution in [3.05, 3.63) is 83.4 Å². The number of allylic oxidation sites excluding steroid dienone is 1. The van der Waals surface area contributed by atoms with Gasteiger partial charge in [-0.25, -0.2) is 10.5 Å². The summed E-state index contributed by atoms with van der Waals surface area (Å²) in [5.74, 6) is -0.373. The number of benzene rings is 2. The first kappa shape index (κ1) is 20.5. The standard InChI is InChI=1S/C25H19N3O5/c1-28-13-16(12-20-23(30)22-18(29)4-3-5-19(22)33-20)21-17(10-11-26-24(21)28)14-6-8-15(9-7-14)25(31)27-32-2/h3-13,29H,1-2H3,(H,27,31)/b20-12-.